The molecule has 0 atom stereocenters. The number of ether oxygens (including phenoxy) is 1. The Morgan fingerprint density at radius 3 is 2.93 bits per heavy atom. The molecule has 0 saturated heterocycles. The number of nitriles is 1. The molecule has 0 unspecified atom stereocenters. The van der Waals surface area contributed by atoms with E-state index in [0.717, 1.165) is 0 Å². The summed E-state index contributed by atoms with van der Waals surface area (Å²) in [6.45, 7) is 0. The average molecular weight is 207 g/mol. The molecule has 2 aromatic rings. The SMILES string of the molecule is COc1ccc(F)c2c(C#N)csc12. The van der Waals surface area contributed by atoms with Crippen LogP contribution in [-0.4, -0.2) is 7.11 Å². The molecule has 1 heterocycles. The van der Waals surface area contributed by atoms with Gasteiger partial charge in [0, 0.05) is 10.8 Å². The Hall–Kier alpha value is -1.60. The van der Waals surface area contributed by atoms with Gasteiger partial charge in [0.2, 0.25) is 0 Å². The zero-order chi connectivity index (χ0) is 10.1. The summed E-state index contributed by atoms with van der Waals surface area (Å²) in [6, 6.07) is 4.84. The van der Waals surface area contributed by atoms with Crippen LogP contribution in [0.5, 0.6) is 5.75 Å². The van der Waals surface area contributed by atoms with E-state index in [-0.39, 0.29) is 5.82 Å². The molecule has 1 aromatic heterocycles. The second-order valence-corrected chi connectivity index (χ2v) is 3.59. The number of nitrogens with zero attached hydrogens (tertiary/aromatic N) is 1. The van der Waals surface area contributed by atoms with Crippen LogP contribution in [0, 0.1) is 17.1 Å². The fourth-order valence-corrected chi connectivity index (χ4v) is 2.33. The second kappa shape index (κ2) is 3.28. The van der Waals surface area contributed by atoms with Crippen molar-refractivity contribution in [1.29, 1.82) is 5.26 Å². The number of halogens is 1. The first-order valence-electron chi connectivity index (χ1n) is 3.91. The van der Waals surface area contributed by atoms with E-state index < -0.39 is 0 Å². The summed E-state index contributed by atoms with van der Waals surface area (Å²) in [4.78, 5) is 0. The van der Waals surface area contributed by atoms with Crippen molar-refractivity contribution in [2.75, 3.05) is 7.11 Å². The highest BCUT2D eigenvalue weighted by Gasteiger charge is 2.12. The lowest BCUT2D eigenvalue weighted by molar-refractivity contribution is 0.420. The molecule has 0 radical (unpaired) electrons. The van der Waals surface area contributed by atoms with E-state index in [1.54, 1.807) is 11.4 Å². The predicted octanol–water partition coefficient (Wildman–Crippen LogP) is 2.92. The molecule has 0 spiro atoms. The molecule has 2 rings (SSSR count). The summed E-state index contributed by atoms with van der Waals surface area (Å²) >= 11 is 1.32. The quantitative estimate of drug-likeness (QED) is 0.720. The number of hydrogen-bond donors (Lipinski definition) is 0. The van der Waals surface area contributed by atoms with Crippen LogP contribution < -0.4 is 4.74 Å². The minimum absolute atomic E-state index is 0.358. The maximum absolute atomic E-state index is 13.4. The lowest BCUT2D eigenvalue weighted by Gasteiger charge is -2.01. The highest BCUT2D eigenvalue weighted by atomic mass is 32.1. The van der Waals surface area contributed by atoms with E-state index in [9.17, 15) is 4.39 Å². The molecule has 4 heteroatoms. The van der Waals surface area contributed by atoms with Crippen LogP contribution in [0.1, 0.15) is 5.56 Å². The molecular formula is C10H6FNOS. The number of thiophene rings is 1. The highest BCUT2D eigenvalue weighted by molar-refractivity contribution is 7.17. The third kappa shape index (κ3) is 1.14. The van der Waals surface area contributed by atoms with Gasteiger partial charge in [0.1, 0.15) is 17.6 Å². The molecule has 0 amide bonds. The Kier molecular flexibility index (Phi) is 2.10. The third-order valence-corrected chi connectivity index (χ3v) is 2.97. The van der Waals surface area contributed by atoms with E-state index >= 15 is 0 Å². The predicted molar refractivity (Wildman–Crippen MR) is 53.1 cm³/mol. The summed E-state index contributed by atoms with van der Waals surface area (Å²) in [7, 11) is 1.53. The van der Waals surface area contributed by atoms with Gasteiger partial charge < -0.3 is 4.74 Å². The maximum Gasteiger partial charge on any atom is 0.136 e. The number of hydrogen-bond acceptors (Lipinski definition) is 3. The molecule has 0 aliphatic rings. The van der Waals surface area contributed by atoms with Gasteiger partial charge in [-0.05, 0) is 12.1 Å². The largest absolute Gasteiger partial charge is 0.495 e. The number of methoxy groups -OCH3 is 1. The Morgan fingerprint density at radius 1 is 1.50 bits per heavy atom. The molecule has 0 aliphatic heterocycles. The topological polar surface area (TPSA) is 33.0 Å². The second-order valence-electron chi connectivity index (χ2n) is 2.71. The van der Waals surface area contributed by atoms with Crippen molar-refractivity contribution in [3.05, 3.63) is 28.9 Å². The van der Waals surface area contributed by atoms with Crippen LogP contribution in [0.2, 0.25) is 0 Å². The molecular weight excluding hydrogens is 201 g/mol. The Balaban J connectivity index is 2.89. The molecule has 0 N–H and O–H groups in total. The maximum atomic E-state index is 13.4. The first-order valence-corrected chi connectivity index (χ1v) is 4.79. The smallest absolute Gasteiger partial charge is 0.136 e. The van der Waals surface area contributed by atoms with Gasteiger partial charge in [-0.25, -0.2) is 4.39 Å². The van der Waals surface area contributed by atoms with Crippen LogP contribution in [0.3, 0.4) is 0 Å². The minimum atomic E-state index is -0.376. The van der Waals surface area contributed by atoms with Gasteiger partial charge in [-0.1, -0.05) is 0 Å². The van der Waals surface area contributed by atoms with E-state index in [0.29, 0.717) is 21.4 Å². The summed E-state index contributed by atoms with van der Waals surface area (Å²) in [6.07, 6.45) is 0. The molecule has 2 nitrogen and oxygen atoms in total. The zero-order valence-electron chi connectivity index (χ0n) is 7.37. The fraction of sp³-hybridized carbons (Fsp3) is 0.100. The lowest BCUT2D eigenvalue weighted by Crippen LogP contribution is -1.85. The molecule has 1 aromatic carbocycles. The van der Waals surface area contributed by atoms with Crippen LogP contribution in [0.15, 0.2) is 17.5 Å². The van der Waals surface area contributed by atoms with Crippen molar-refractivity contribution in [3.63, 3.8) is 0 Å². The van der Waals surface area contributed by atoms with Crippen LogP contribution in [0.4, 0.5) is 4.39 Å². The van der Waals surface area contributed by atoms with E-state index in [2.05, 4.69) is 0 Å². The highest BCUT2D eigenvalue weighted by Crippen LogP contribution is 2.35. The van der Waals surface area contributed by atoms with Crippen molar-refractivity contribution in [1.82, 2.24) is 0 Å². The summed E-state index contributed by atoms with van der Waals surface area (Å²) < 4.78 is 19.1. The molecule has 70 valence electrons. The van der Waals surface area contributed by atoms with Gasteiger partial charge in [-0.3, -0.25) is 0 Å². The summed E-state index contributed by atoms with van der Waals surface area (Å²) in [5, 5.41) is 10.8. The molecule has 0 fully saturated rings. The van der Waals surface area contributed by atoms with Gasteiger partial charge in [0.25, 0.3) is 0 Å². The summed E-state index contributed by atoms with van der Waals surface area (Å²) in [5.74, 6) is 0.228. The standard InChI is InChI=1S/C10H6FNOS/c1-13-8-3-2-7(11)9-6(4-12)5-14-10(8)9/h2-3,5H,1H3. The van der Waals surface area contributed by atoms with Crippen LogP contribution in [0.25, 0.3) is 10.1 Å². The number of fused-ring (bicyclic) bond motifs is 1. The van der Waals surface area contributed by atoms with Crippen LogP contribution in [-0.2, 0) is 0 Å². The van der Waals surface area contributed by atoms with Crippen molar-refractivity contribution < 1.29 is 9.13 Å². The number of benzene rings is 1. The first-order chi connectivity index (χ1) is 6.77. The monoisotopic (exact) mass is 207 g/mol. The van der Waals surface area contributed by atoms with Crippen molar-refractivity contribution in [3.8, 4) is 11.8 Å². The van der Waals surface area contributed by atoms with Crippen molar-refractivity contribution in [2.45, 2.75) is 0 Å². The van der Waals surface area contributed by atoms with Gasteiger partial charge >= 0.3 is 0 Å². The van der Waals surface area contributed by atoms with Gasteiger partial charge in [0.15, 0.2) is 0 Å². The normalized spacial score (nSPS) is 10.1. The fourth-order valence-electron chi connectivity index (χ4n) is 1.33. The van der Waals surface area contributed by atoms with E-state index in [1.165, 1.54) is 24.5 Å². The number of rotatable bonds is 1. The van der Waals surface area contributed by atoms with Crippen LogP contribution >= 0.6 is 11.3 Å². The Morgan fingerprint density at radius 2 is 2.29 bits per heavy atom. The molecule has 0 aliphatic carbocycles. The van der Waals surface area contributed by atoms with E-state index in [4.69, 9.17) is 10.00 Å². The van der Waals surface area contributed by atoms with Gasteiger partial charge in [-0.15, -0.1) is 11.3 Å². The first kappa shape index (κ1) is 8.97. The lowest BCUT2D eigenvalue weighted by atomic mass is 10.2. The Bertz CT molecular complexity index is 527. The zero-order valence-corrected chi connectivity index (χ0v) is 8.19. The van der Waals surface area contributed by atoms with Crippen molar-refractivity contribution >= 4 is 21.4 Å². The van der Waals surface area contributed by atoms with Gasteiger partial charge in [0.05, 0.1) is 17.4 Å². The molecule has 14 heavy (non-hydrogen) atoms. The summed E-state index contributed by atoms with van der Waals surface area (Å²) in [5.41, 5.74) is 0.362. The van der Waals surface area contributed by atoms with Crippen molar-refractivity contribution in [2.24, 2.45) is 0 Å². The van der Waals surface area contributed by atoms with E-state index in [1.807, 2.05) is 6.07 Å². The average Bonchev–Trinajstić information content (AvgIpc) is 2.63. The molecule has 0 bridgehead atoms. The molecule has 0 saturated carbocycles. The van der Waals surface area contributed by atoms with Gasteiger partial charge in [-0.2, -0.15) is 5.26 Å². The Labute approximate surface area is 84.2 Å². The third-order valence-electron chi connectivity index (χ3n) is 1.98. The minimum Gasteiger partial charge on any atom is -0.495 e.